The summed E-state index contributed by atoms with van der Waals surface area (Å²) in [7, 11) is 0. The molecule has 0 atom stereocenters. The molecule has 0 unspecified atom stereocenters. The van der Waals surface area contributed by atoms with E-state index in [1.165, 1.54) is 22.1 Å². The van der Waals surface area contributed by atoms with Gasteiger partial charge in [0.1, 0.15) is 11.6 Å². The Morgan fingerprint density at radius 2 is 1.63 bits per heavy atom. The van der Waals surface area contributed by atoms with Gasteiger partial charge in [-0.3, -0.25) is 0 Å². The van der Waals surface area contributed by atoms with Crippen LogP contribution in [0.15, 0.2) is 48.7 Å². The maximum Gasteiger partial charge on any atom is 0.131 e. The number of aryl methyl sites for hydroxylation is 4. The lowest BCUT2D eigenvalue weighted by atomic mass is 9.99. The van der Waals surface area contributed by atoms with Crippen LogP contribution >= 0.6 is 0 Å². The summed E-state index contributed by atoms with van der Waals surface area (Å²) < 4.78 is 0. The molecule has 4 rings (SSSR count). The van der Waals surface area contributed by atoms with Crippen molar-refractivity contribution >= 4 is 33.2 Å². The van der Waals surface area contributed by atoms with E-state index in [0.717, 1.165) is 41.1 Å². The third kappa shape index (κ3) is 3.31. The van der Waals surface area contributed by atoms with Crippen LogP contribution in [0.2, 0.25) is 0 Å². The first-order valence-electron chi connectivity index (χ1n) is 9.31. The Hall–Kier alpha value is -3.14. The zero-order valence-electron chi connectivity index (χ0n) is 15.8. The molecule has 0 bridgehead atoms. The van der Waals surface area contributed by atoms with Gasteiger partial charge in [0.2, 0.25) is 0 Å². The maximum atomic E-state index is 6.21. The van der Waals surface area contributed by atoms with Crippen LogP contribution in [0.1, 0.15) is 28.8 Å². The van der Waals surface area contributed by atoms with Crippen molar-refractivity contribution in [1.29, 1.82) is 0 Å². The van der Waals surface area contributed by atoms with E-state index in [9.17, 15) is 0 Å². The van der Waals surface area contributed by atoms with E-state index in [-0.39, 0.29) is 0 Å². The number of nitrogens with two attached hydrogens (primary N) is 2. The van der Waals surface area contributed by atoms with Crippen LogP contribution in [0.4, 0.5) is 11.6 Å². The van der Waals surface area contributed by atoms with Crippen LogP contribution in [-0.2, 0) is 12.8 Å². The summed E-state index contributed by atoms with van der Waals surface area (Å²) in [6.07, 6.45) is 4.68. The predicted molar refractivity (Wildman–Crippen MR) is 114 cm³/mol. The van der Waals surface area contributed by atoms with Gasteiger partial charge in [-0.2, -0.15) is 0 Å². The summed E-state index contributed by atoms with van der Waals surface area (Å²) in [6, 6.07) is 14.8. The number of aromatic nitrogens is 2. The minimum atomic E-state index is 0.584. The Labute approximate surface area is 159 Å². The van der Waals surface area contributed by atoms with Crippen LogP contribution in [0.5, 0.6) is 0 Å². The molecule has 2 aromatic carbocycles. The lowest BCUT2D eigenvalue weighted by molar-refractivity contribution is 0.803. The Kier molecular flexibility index (Phi) is 4.40. The van der Waals surface area contributed by atoms with Gasteiger partial charge < -0.3 is 11.5 Å². The maximum absolute atomic E-state index is 6.21. The highest BCUT2D eigenvalue weighted by molar-refractivity contribution is 5.94. The molecular weight excluding hydrogens is 332 g/mol. The predicted octanol–water partition coefficient (Wildman–Crippen LogP) is 4.74. The first-order chi connectivity index (χ1) is 13.0. The minimum absolute atomic E-state index is 0.584. The van der Waals surface area contributed by atoms with E-state index < -0.39 is 0 Å². The van der Waals surface area contributed by atoms with Gasteiger partial charge in [0.25, 0.3) is 0 Å². The monoisotopic (exact) mass is 356 g/mol. The van der Waals surface area contributed by atoms with Crippen LogP contribution in [0.25, 0.3) is 21.5 Å². The molecule has 0 amide bonds. The van der Waals surface area contributed by atoms with Crippen LogP contribution in [0, 0.1) is 13.8 Å². The Balaban J connectivity index is 1.53. The van der Waals surface area contributed by atoms with Gasteiger partial charge in [-0.1, -0.05) is 30.3 Å². The summed E-state index contributed by atoms with van der Waals surface area (Å²) >= 11 is 0. The normalized spacial score (nSPS) is 11.3. The van der Waals surface area contributed by atoms with Crippen molar-refractivity contribution in [3.8, 4) is 0 Å². The number of fused-ring (bicyclic) bond motifs is 2. The summed E-state index contributed by atoms with van der Waals surface area (Å²) in [4.78, 5) is 8.76. The molecule has 0 spiro atoms. The molecule has 2 heterocycles. The van der Waals surface area contributed by atoms with E-state index in [2.05, 4.69) is 60.2 Å². The van der Waals surface area contributed by atoms with E-state index in [1.54, 1.807) is 6.20 Å². The van der Waals surface area contributed by atoms with Crippen LogP contribution in [0.3, 0.4) is 0 Å². The highest BCUT2D eigenvalue weighted by Crippen LogP contribution is 2.27. The second kappa shape index (κ2) is 6.88. The molecule has 0 saturated heterocycles. The number of hydrogen-bond acceptors (Lipinski definition) is 4. The third-order valence-electron chi connectivity index (χ3n) is 5.39. The molecule has 4 nitrogen and oxygen atoms in total. The summed E-state index contributed by atoms with van der Waals surface area (Å²) in [6.45, 7) is 4.28. The number of anilines is 2. The molecule has 0 fully saturated rings. The third-order valence-corrected chi connectivity index (χ3v) is 5.39. The van der Waals surface area contributed by atoms with Gasteiger partial charge in [0.15, 0.2) is 0 Å². The Morgan fingerprint density at radius 1 is 0.815 bits per heavy atom. The van der Waals surface area contributed by atoms with Crippen molar-refractivity contribution in [2.24, 2.45) is 0 Å². The van der Waals surface area contributed by atoms with Crippen molar-refractivity contribution in [2.45, 2.75) is 33.1 Å². The molecule has 27 heavy (non-hydrogen) atoms. The number of pyridine rings is 2. The summed E-state index contributed by atoms with van der Waals surface area (Å²) in [5.74, 6) is 1.21. The fraction of sp³-hybridized carbons (Fsp3) is 0.217. The van der Waals surface area contributed by atoms with E-state index in [0.29, 0.717) is 11.6 Å². The largest absolute Gasteiger partial charge is 0.383 e. The standard InChI is InChI=1S/C23H24N4/c1-14-6-8-20-21(15(14)2)13-18(27-23(20)25)5-3-4-16-7-9-19-17(12-16)10-11-26-22(19)24/h6-13H,3-5H2,1-2H3,(H2,24,26)(H2,25,27). The van der Waals surface area contributed by atoms with E-state index in [1.807, 2.05) is 6.07 Å². The van der Waals surface area contributed by atoms with Gasteiger partial charge in [-0.05, 0) is 72.7 Å². The average Bonchev–Trinajstić information content (AvgIpc) is 2.65. The van der Waals surface area contributed by atoms with Crippen molar-refractivity contribution in [3.63, 3.8) is 0 Å². The van der Waals surface area contributed by atoms with Crippen molar-refractivity contribution in [2.75, 3.05) is 11.5 Å². The van der Waals surface area contributed by atoms with E-state index >= 15 is 0 Å². The van der Waals surface area contributed by atoms with Crippen LogP contribution < -0.4 is 11.5 Å². The smallest absolute Gasteiger partial charge is 0.131 e. The molecule has 136 valence electrons. The fourth-order valence-electron chi connectivity index (χ4n) is 3.67. The highest BCUT2D eigenvalue weighted by atomic mass is 14.8. The molecular formula is C23H24N4. The first-order valence-corrected chi connectivity index (χ1v) is 9.31. The molecule has 4 N–H and O–H groups in total. The highest BCUT2D eigenvalue weighted by Gasteiger charge is 2.08. The Bertz CT molecular complexity index is 1150. The van der Waals surface area contributed by atoms with Gasteiger partial charge in [0, 0.05) is 22.7 Å². The van der Waals surface area contributed by atoms with E-state index in [4.69, 9.17) is 11.5 Å². The van der Waals surface area contributed by atoms with Gasteiger partial charge in [-0.25, -0.2) is 9.97 Å². The number of hydrogen-bond donors (Lipinski definition) is 2. The second-order valence-corrected chi connectivity index (χ2v) is 7.21. The van der Waals surface area contributed by atoms with Crippen LogP contribution in [-0.4, -0.2) is 9.97 Å². The molecule has 4 aromatic rings. The fourth-order valence-corrected chi connectivity index (χ4v) is 3.67. The number of nitrogens with zero attached hydrogens (tertiary/aromatic N) is 2. The zero-order chi connectivity index (χ0) is 19.0. The second-order valence-electron chi connectivity index (χ2n) is 7.21. The van der Waals surface area contributed by atoms with Crippen molar-refractivity contribution in [3.05, 3.63) is 71.0 Å². The van der Waals surface area contributed by atoms with Crippen molar-refractivity contribution in [1.82, 2.24) is 9.97 Å². The van der Waals surface area contributed by atoms with Gasteiger partial charge in [-0.15, -0.1) is 0 Å². The number of rotatable bonds is 4. The lowest BCUT2D eigenvalue weighted by Gasteiger charge is -2.10. The summed E-state index contributed by atoms with van der Waals surface area (Å²) in [5, 5.41) is 4.41. The number of nitrogen functional groups attached to an aromatic ring is 2. The quantitative estimate of drug-likeness (QED) is 0.553. The lowest BCUT2D eigenvalue weighted by Crippen LogP contribution is -2.00. The minimum Gasteiger partial charge on any atom is -0.383 e. The molecule has 0 radical (unpaired) electrons. The molecule has 0 aliphatic carbocycles. The first kappa shape index (κ1) is 17.3. The average molecular weight is 356 g/mol. The zero-order valence-corrected chi connectivity index (χ0v) is 15.8. The van der Waals surface area contributed by atoms with Gasteiger partial charge >= 0.3 is 0 Å². The molecule has 2 aromatic heterocycles. The Morgan fingerprint density at radius 3 is 2.48 bits per heavy atom. The number of benzene rings is 2. The topological polar surface area (TPSA) is 77.8 Å². The summed E-state index contributed by atoms with van der Waals surface area (Å²) in [5.41, 5.74) is 17.1. The SMILES string of the molecule is Cc1ccc2c(N)nc(CCCc3ccc4c(N)nccc4c3)cc2c1C. The van der Waals surface area contributed by atoms with Crippen molar-refractivity contribution < 1.29 is 0 Å². The molecule has 0 saturated carbocycles. The molecule has 4 heteroatoms. The molecule has 0 aliphatic rings. The van der Waals surface area contributed by atoms with Gasteiger partial charge in [0.05, 0.1) is 0 Å². The molecule has 0 aliphatic heterocycles.